The standard InChI is InChI=1S/C10H16O2/c1-7-6-10(7)4-2-3-8(10)5-9(11)12/h7-8H,2-6H2,1H3,(H,11,12). The predicted molar refractivity (Wildman–Crippen MR) is 45.8 cm³/mol. The summed E-state index contributed by atoms with van der Waals surface area (Å²) in [5, 5.41) is 8.72. The molecule has 3 atom stereocenters. The summed E-state index contributed by atoms with van der Waals surface area (Å²) in [6, 6.07) is 0. The molecule has 2 rings (SSSR count). The third kappa shape index (κ3) is 1.05. The third-order valence-electron chi connectivity index (χ3n) is 3.94. The fourth-order valence-corrected chi connectivity index (χ4v) is 3.11. The number of hydrogen-bond acceptors (Lipinski definition) is 1. The second kappa shape index (κ2) is 2.48. The topological polar surface area (TPSA) is 37.3 Å². The van der Waals surface area contributed by atoms with E-state index in [-0.39, 0.29) is 0 Å². The van der Waals surface area contributed by atoms with Gasteiger partial charge in [0.25, 0.3) is 0 Å². The first kappa shape index (κ1) is 8.09. The zero-order valence-electron chi connectivity index (χ0n) is 7.55. The lowest BCUT2D eigenvalue weighted by atomic mass is 9.88. The van der Waals surface area contributed by atoms with Gasteiger partial charge in [0.15, 0.2) is 0 Å². The lowest BCUT2D eigenvalue weighted by molar-refractivity contribution is -0.138. The average molecular weight is 168 g/mol. The molecule has 2 nitrogen and oxygen atoms in total. The van der Waals surface area contributed by atoms with Crippen LogP contribution in [-0.2, 0) is 4.79 Å². The Morgan fingerprint density at radius 2 is 2.33 bits per heavy atom. The van der Waals surface area contributed by atoms with Crippen LogP contribution in [0.3, 0.4) is 0 Å². The Morgan fingerprint density at radius 1 is 1.67 bits per heavy atom. The van der Waals surface area contributed by atoms with Crippen molar-refractivity contribution >= 4 is 5.97 Å². The smallest absolute Gasteiger partial charge is 0.303 e. The highest BCUT2D eigenvalue weighted by Crippen LogP contribution is 2.66. The highest BCUT2D eigenvalue weighted by Gasteiger charge is 2.58. The van der Waals surface area contributed by atoms with Crippen molar-refractivity contribution in [2.24, 2.45) is 17.3 Å². The molecule has 0 aromatic heterocycles. The summed E-state index contributed by atoms with van der Waals surface area (Å²) in [6.07, 6.45) is 5.38. The highest BCUT2D eigenvalue weighted by molar-refractivity contribution is 5.67. The van der Waals surface area contributed by atoms with Crippen molar-refractivity contribution in [3.63, 3.8) is 0 Å². The van der Waals surface area contributed by atoms with Gasteiger partial charge in [0.1, 0.15) is 0 Å². The van der Waals surface area contributed by atoms with Crippen molar-refractivity contribution < 1.29 is 9.90 Å². The van der Waals surface area contributed by atoms with E-state index < -0.39 is 5.97 Å². The van der Waals surface area contributed by atoms with Gasteiger partial charge in [-0.05, 0) is 36.5 Å². The van der Waals surface area contributed by atoms with Crippen LogP contribution in [0.25, 0.3) is 0 Å². The molecule has 0 saturated heterocycles. The Bertz CT molecular complexity index is 212. The maximum atomic E-state index is 10.6. The van der Waals surface area contributed by atoms with Gasteiger partial charge in [-0.2, -0.15) is 0 Å². The first-order valence-corrected chi connectivity index (χ1v) is 4.87. The molecule has 0 aromatic rings. The molecule has 2 fully saturated rings. The molecule has 3 unspecified atom stereocenters. The van der Waals surface area contributed by atoms with Crippen LogP contribution in [0.4, 0.5) is 0 Å². The van der Waals surface area contributed by atoms with E-state index in [4.69, 9.17) is 5.11 Å². The number of rotatable bonds is 2. The molecule has 0 radical (unpaired) electrons. The molecule has 68 valence electrons. The minimum absolute atomic E-state index is 0.407. The van der Waals surface area contributed by atoms with Gasteiger partial charge in [-0.1, -0.05) is 13.3 Å². The molecule has 2 aliphatic carbocycles. The molecular weight excluding hydrogens is 152 g/mol. The van der Waals surface area contributed by atoms with E-state index >= 15 is 0 Å². The van der Waals surface area contributed by atoms with E-state index in [1.54, 1.807) is 0 Å². The molecule has 0 heterocycles. The summed E-state index contributed by atoms with van der Waals surface area (Å²) in [4.78, 5) is 10.6. The van der Waals surface area contributed by atoms with Crippen LogP contribution in [0.15, 0.2) is 0 Å². The van der Waals surface area contributed by atoms with Crippen molar-refractivity contribution in [2.75, 3.05) is 0 Å². The normalized spacial score (nSPS) is 45.1. The predicted octanol–water partition coefficient (Wildman–Crippen LogP) is 2.29. The highest BCUT2D eigenvalue weighted by atomic mass is 16.4. The molecule has 1 spiro atoms. The molecule has 0 bridgehead atoms. The molecule has 0 aromatic carbocycles. The van der Waals surface area contributed by atoms with E-state index in [0.717, 1.165) is 12.3 Å². The van der Waals surface area contributed by atoms with Gasteiger partial charge in [0, 0.05) is 6.42 Å². The van der Waals surface area contributed by atoms with Crippen molar-refractivity contribution in [2.45, 2.75) is 39.0 Å². The molecule has 0 amide bonds. The average Bonchev–Trinajstić information content (AvgIpc) is 2.42. The van der Waals surface area contributed by atoms with E-state index in [9.17, 15) is 4.79 Å². The largest absolute Gasteiger partial charge is 0.481 e. The van der Waals surface area contributed by atoms with Crippen molar-refractivity contribution in [3.05, 3.63) is 0 Å². The van der Waals surface area contributed by atoms with Crippen molar-refractivity contribution in [3.8, 4) is 0 Å². The summed E-state index contributed by atoms with van der Waals surface area (Å²) in [5.74, 6) is 0.676. The van der Waals surface area contributed by atoms with Gasteiger partial charge in [-0.15, -0.1) is 0 Å². The SMILES string of the molecule is CC1CC12CCCC2CC(=O)O. The Labute approximate surface area is 73.0 Å². The van der Waals surface area contributed by atoms with Crippen LogP contribution in [-0.4, -0.2) is 11.1 Å². The zero-order valence-corrected chi connectivity index (χ0v) is 7.55. The quantitative estimate of drug-likeness (QED) is 0.686. The lowest BCUT2D eigenvalue weighted by Crippen LogP contribution is -2.15. The number of carboxylic acid groups (broad SMARTS) is 1. The molecule has 12 heavy (non-hydrogen) atoms. The summed E-state index contributed by atoms with van der Waals surface area (Å²) in [5.41, 5.74) is 0.471. The number of hydrogen-bond donors (Lipinski definition) is 1. The Morgan fingerprint density at radius 3 is 2.83 bits per heavy atom. The van der Waals surface area contributed by atoms with Crippen LogP contribution in [0, 0.1) is 17.3 Å². The molecule has 2 saturated carbocycles. The third-order valence-corrected chi connectivity index (χ3v) is 3.94. The van der Waals surface area contributed by atoms with Gasteiger partial charge < -0.3 is 5.11 Å². The zero-order chi connectivity index (χ0) is 8.77. The van der Waals surface area contributed by atoms with Crippen LogP contribution >= 0.6 is 0 Å². The van der Waals surface area contributed by atoms with Crippen LogP contribution in [0.2, 0.25) is 0 Å². The van der Waals surface area contributed by atoms with Crippen LogP contribution in [0.1, 0.15) is 39.0 Å². The number of carbonyl (C=O) groups is 1. The van der Waals surface area contributed by atoms with Crippen LogP contribution < -0.4 is 0 Å². The van der Waals surface area contributed by atoms with Crippen molar-refractivity contribution in [1.82, 2.24) is 0 Å². The van der Waals surface area contributed by atoms with Gasteiger partial charge in [0.2, 0.25) is 0 Å². The monoisotopic (exact) mass is 168 g/mol. The molecule has 2 heteroatoms. The maximum absolute atomic E-state index is 10.6. The summed E-state index contributed by atoms with van der Waals surface area (Å²) in [6.45, 7) is 2.26. The summed E-state index contributed by atoms with van der Waals surface area (Å²) >= 11 is 0. The Balaban J connectivity index is 2.01. The van der Waals surface area contributed by atoms with Gasteiger partial charge in [0.05, 0.1) is 0 Å². The Kier molecular flexibility index (Phi) is 1.67. The minimum Gasteiger partial charge on any atom is -0.481 e. The van der Waals surface area contributed by atoms with Gasteiger partial charge in [-0.3, -0.25) is 4.79 Å². The fraction of sp³-hybridized carbons (Fsp3) is 0.900. The lowest BCUT2D eigenvalue weighted by Gasteiger charge is -2.16. The second-order valence-corrected chi connectivity index (χ2v) is 4.53. The molecule has 2 aliphatic rings. The van der Waals surface area contributed by atoms with Crippen LogP contribution in [0.5, 0.6) is 0 Å². The van der Waals surface area contributed by atoms with Gasteiger partial charge in [-0.25, -0.2) is 0 Å². The minimum atomic E-state index is -0.611. The first-order valence-electron chi connectivity index (χ1n) is 4.87. The second-order valence-electron chi connectivity index (χ2n) is 4.53. The van der Waals surface area contributed by atoms with E-state index in [1.165, 1.54) is 19.3 Å². The van der Waals surface area contributed by atoms with Gasteiger partial charge >= 0.3 is 5.97 Å². The Hall–Kier alpha value is -0.530. The first-order chi connectivity index (χ1) is 5.65. The van der Waals surface area contributed by atoms with Crippen molar-refractivity contribution in [1.29, 1.82) is 0 Å². The van der Waals surface area contributed by atoms with E-state index in [1.807, 2.05) is 0 Å². The van der Waals surface area contributed by atoms with E-state index in [2.05, 4.69) is 6.92 Å². The summed E-state index contributed by atoms with van der Waals surface area (Å²) < 4.78 is 0. The maximum Gasteiger partial charge on any atom is 0.303 e. The van der Waals surface area contributed by atoms with E-state index in [0.29, 0.717) is 17.8 Å². The fourth-order valence-electron chi connectivity index (χ4n) is 3.11. The summed E-state index contributed by atoms with van der Waals surface area (Å²) in [7, 11) is 0. The molecule has 0 aliphatic heterocycles. The number of aliphatic carboxylic acids is 1. The molecule has 1 N–H and O–H groups in total. The number of carboxylic acids is 1. The molecular formula is C10H16O2.